The molecule has 1 aliphatic heterocycles. The minimum Gasteiger partial charge on any atom is -0.346 e. The summed E-state index contributed by atoms with van der Waals surface area (Å²) in [4.78, 5) is 24.4. The Morgan fingerprint density at radius 2 is 2.35 bits per heavy atom. The first-order chi connectivity index (χ1) is 9.61. The standard InChI is InChI=1S/C15H19N3OS/c1-10-8-16-15(17-10)12-5-6-18(9-12)14(19)7-13-4-3-11(2)20-13/h3-4,8,12H,5-7,9H2,1-2H3,(H,16,17)/t12-/m0/s1. The second kappa shape index (κ2) is 5.40. The molecule has 2 aromatic rings. The lowest BCUT2D eigenvalue weighted by atomic mass is 10.1. The molecule has 3 rings (SSSR count). The second-order valence-corrected chi connectivity index (χ2v) is 6.84. The highest BCUT2D eigenvalue weighted by atomic mass is 32.1. The minimum absolute atomic E-state index is 0.234. The van der Waals surface area contributed by atoms with Crippen molar-refractivity contribution in [2.45, 2.75) is 32.6 Å². The molecule has 2 aromatic heterocycles. The van der Waals surface area contributed by atoms with Gasteiger partial charge >= 0.3 is 0 Å². The molecule has 0 spiro atoms. The van der Waals surface area contributed by atoms with Gasteiger partial charge in [-0.25, -0.2) is 4.98 Å². The third kappa shape index (κ3) is 2.77. The van der Waals surface area contributed by atoms with Crippen molar-refractivity contribution in [3.05, 3.63) is 39.6 Å². The Balaban J connectivity index is 1.60. The number of carbonyl (C=O) groups is 1. The molecule has 0 aromatic carbocycles. The molecular formula is C15H19N3OS. The van der Waals surface area contributed by atoms with Gasteiger partial charge in [-0.2, -0.15) is 0 Å². The zero-order valence-electron chi connectivity index (χ0n) is 11.8. The van der Waals surface area contributed by atoms with Crippen molar-refractivity contribution < 1.29 is 4.79 Å². The molecule has 0 saturated carbocycles. The summed E-state index contributed by atoms with van der Waals surface area (Å²) in [6.45, 7) is 5.71. The number of thiophene rings is 1. The quantitative estimate of drug-likeness (QED) is 0.944. The fraction of sp³-hybridized carbons (Fsp3) is 0.467. The van der Waals surface area contributed by atoms with Crippen LogP contribution >= 0.6 is 11.3 Å². The Labute approximate surface area is 122 Å². The molecule has 20 heavy (non-hydrogen) atoms. The molecule has 1 N–H and O–H groups in total. The number of nitrogens with zero attached hydrogens (tertiary/aromatic N) is 2. The summed E-state index contributed by atoms with van der Waals surface area (Å²) in [7, 11) is 0. The normalized spacial score (nSPS) is 18.7. The first-order valence-electron chi connectivity index (χ1n) is 6.96. The van der Waals surface area contributed by atoms with Crippen molar-refractivity contribution in [3.63, 3.8) is 0 Å². The fourth-order valence-electron chi connectivity index (χ4n) is 2.69. The van der Waals surface area contributed by atoms with Crippen LogP contribution in [0.25, 0.3) is 0 Å². The van der Waals surface area contributed by atoms with Crippen LogP contribution in [0.15, 0.2) is 18.3 Å². The van der Waals surface area contributed by atoms with Crippen LogP contribution in [0.5, 0.6) is 0 Å². The number of aryl methyl sites for hydroxylation is 2. The molecule has 106 valence electrons. The van der Waals surface area contributed by atoms with Gasteiger partial charge in [0, 0.05) is 40.7 Å². The molecule has 0 radical (unpaired) electrons. The van der Waals surface area contributed by atoms with Gasteiger partial charge in [0.2, 0.25) is 5.91 Å². The molecule has 3 heterocycles. The van der Waals surface area contributed by atoms with Crippen LogP contribution in [-0.4, -0.2) is 33.9 Å². The zero-order valence-corrected chi connectivity index (χ0v) is 12.7. The average molecular weight is 289 g/mol. The molecule has 1 fully saturated rings. The molecule has 0 bridgehead atoms. The average Bonchev–Trinajstić information content (AvgIpc) is 3.10. The summed E-state index contributed by atoms with van der Waals surface area (Å²) < 4.78 is 0. The smallest absolute Gasteiger partial charge is 0.227 e. The molecule has 5 heteroatoms. The van der Waals surface area contributed by atoms with E-state index in [1.54, 1.807) is 11.3 Å². The van der Waals surface area contributed by atoms with E-state index in [2.05, 4.69) is 29.0 Å². The van der Waals surface area contributed by atoms with Gasteiger partial charge in [-0.1, -0.05) is 0 Å². The molecule has 1 atom stereocenters. The Kier molecular flexibility index (Phi) is 3.61. The third-order valence-electron chi connectivity index (χ3n) is 3.77. The maximum Gasteiger partial charge on any atom is 0.227 e. The van der Waals surface area contributed by atoms with E-state index in [9.17, 15) is 4.79 Å². The van der Waals surface area contributed by atoms with Crippen LogP contribution in [-0.2, 0) is 11.2 Å². The van der Waals surface area contributed by atoms with Crippen LogP contribution < -0.4 is 0 Å². The van der Waals surface area contributed by atoms with Crippen LogP contribution in [0.2, 0.25) is 0 Å². The van der Waals surface area contributed by atoms with Crippen molar-refractivity contribution in [1.82, 2.24) is 14.9 Å². The van der Waals surface area contributed by atoms with E-state index in [0.29, 0.717) is 12.3 Å². The molecule has 1 amide bonds. The maximum absolute atomic E-state index is 12.3. The fourth-order valence-corrected chi connectivity index (χ4v) is 3.57. The predicted octanol–water partition coefficient (Wildman–Crippen LogP) is 2.65. The van der Waals surface area contributed by atoms with Gasteiger partial charge in [0.15, 0.2) is 0 Å². The number of carbonyl (C=O) groups excluding carboxylic acids is 1. The van der Waals surface area contributed by atoms with Crippen molar-refractivity contribution in [2.75, 3.05) is 13.1 Å². The monoisotopic (exact) mass is 289 g/mol. The topological polar surface area (TPSA) is 49.0 Å². The van der Waals surface area contributed by atoms with Gasteiger partial charge in [0.1, 0.15) is 5.82 Å². The highest BCUT2D eigenvalue weighted by molar-refractivity contribution is 7.12. The lowest BCUT2D eigenvalue weighted by Crippen LogP contribution is -2.29. The molecule has 1 saturated heterocycles. The van der Waals surface area contributed by atoms with Gasteiger partial charge in [-0.15, -0.1) is 11.3 Å². The maximum atomic E-state index is 12.3. The van der Waals surface area contributed by atoms with Crippen LogP contribution in [0, 0.1) is 13.8 Å². The number of likely N-dealkylation sites (tertiary alicyclic amines) is 1. The SMILES string of the molecule is Cc1cnc([C@H]2CCN(C(=O)Cc3ccc(C)s3)C2)[nH]1. The Bertz CT molecular complexity index is 616. The molecular weight excluding hydrogens is 270 g/mol. The Morgan fingerprint density at radius 1 is 1.50 bits per heavy atom. The summed E-state index contributed by atoms with van der Waals surface area (Å²) in [6.07, 6.45) is 3.39. The number of hydrogen-bond acceptors (Lipinski definition) is 3. The van der Waals surface area contributed by atoms with Crippen molar-refractivity contribution in [1.29, 1.82) is 0 Å². The molecule has 0 aliphatic carbocycles. The number of amides is 1. The summed E-state index contributed by atoms with van der Waals surface area (Å²) in [5.74, 6) is 1.61. The minimum atomic E-state index is 0.234. The van der Waals surface area contributed by atoms with Crippen LogP contribution in [0.1, 0.15) is 33.6 Å². The van der Waals surface area contributed by atoms with Crippen molar-refractivity contribution in [2.24, 2.45) is 0 Å². The summed E-state index contributed by atoms with van der Waals surface area (Å²) in [5, 5.41) is 0. The van der Waals surface area contributed by atoms with Gasteiger partial charge < -0.3 is 9.88 Å². The summed E-state index contributed by atoms with van der Waals surface area (Å²) in [6, 6.07) is 4.13. The van der Waals surface area contributed by atoms with E-state index in [4.69, 9.17) is 0 Å². The number of rotatable bonds is 3. The van der Waals surface area contributed by atoms with E-state index in [0.717, 1.165) is 35.9 Å². The Morgan fingerprint density at radius 3 is 3.00 bits per heavy atom. The van der Waals surface area contributed by atoms with Gasteiger partial charge in [-0.3, -0.25) is 4.79 Å². The summed E-state index contributed by atoms with van der Waals surface area (Å²) in [5.41, 5.74) is 1.08. The van der Waals surface area contributed by atoms with Crippen LogP contribution in [0.3, 0.4) is 0 Å². The number of aromatic nitrogens is 2. The molecule has 0 unspecified atom stereocenters. The second-order valence-electron chi connectivity index (χ2n) is 5.47. The third-order valence-corrected chi connectivity index (χ3v) is 4.77. The number of aromatic amines is 1. The first kappa shape index (κ1) is 13.4. The van der Waals surface area contributed by atoms with E-state index in [1.165, 1.54) is 4.88 Å². The molecule has 1 aliphatic rings. The van der Waals surface area contributed by atoms with Gasteiger partial charge in [0.05, 0.1) is 6.42 Å². The van der Waals surface area contributed by atoms with Crippen molar-refractivity contribution >= 4 is 17.2 Å². The van der Waals surface area contributed by atoms with Gasteiger partial charge in [0.25, 0.3) is 0 Å². The van der Waals surface area contributed by atoms with E-state index >= 15 is 0 Å². The predicted molar refractivity (Wildman–Crippen MR) is 80.0 cm³/mol. The highest BCUT2D eigenvalue weighted by Gasteiger charge is 2.28. The number of hydrogen-bond donors (Lipinski definition) is 1. The van der Waals surface area contributed by atoms with Gasteiger partial charge in [-0.05, 0) is 32.4 Å². The number of H-pyrrole nitrogens is 1. The van der Waals surface area contributed by atoms with E-state index in [1.807, 2.05) is 18.0 Å². The highest BCUT2D eigenvalue weighted by Crippen LogP contribution is 2.26. The number of imidazole rings is 1. The zero-order chi connectivity index (χ0) is 14.1. The van der Waals surface area contributed by atoms with E-state index in [-0.39, 0.29) is 5.91 Å². The Hall–Kier alpha value is -1.62. The largest absolute Gasteiger partial charge is 0.346 e. The number of nitrogens with one attached hydrogen (secondary N) is 1. The summed E-state index contributed by atoms with van der Waals surface area (Å²) >= 11 is 1.71. The lowest BCUT2D eigenvalue weighted by Gasteiger charge is -2.15. The van der Waals surface area contributed by atoms with Crippen LogP contribution in [0.4, 0.5) is 0 Å². The van der Waals surface area contributed by atoms with E-state index < -0.39 is 0 Å². The first-order valence-corrected chi connectivity index (χ1v) is 7.78. The lowest BCUT2D eigenvalue weighted by molar-refractivity contribution is -0.129. The van der Waals surface area contributed by atoms with Crippen molar-refractivity contribution in [3.8, 4) is 0 Å². The molecule has 4 nitrogen and oxygen atoms in total.